The van der Waals surface area contributed by atoms with Gasteiger partial charge in [-0.2, -0.15) is 5.10 Å². The number of nitrogens with zero attached hydrogens (tertiary/aromatic N) is 4. The summed E-state index contributed by atoms with van der Waals surface area (Å²) in [6.07, 6.45) is 3.34. The van der Waals surface area contributed by atoms with Crippen LogP contribution in [0.15, 0.2) is 54.9 Å². The van der Waals surface area contributed by atoms with Crippen LogP contribution in [0.5, 0.6) is 0 Å². The molecule has 3 rings (SSSR count). The normalized spacial score (nSPS) is 10.2. The summed E-state index contributed by atoms with van der Waals surface area (Å²) >= 11 is 0. The molecule has 29 heavy (non-hydrogen) atoms. The van der Waals surface area contributed by atoms with Crippen molar-refractivity contribution >= 4 is 23.4 Å². The third kappa shape index (κ3) is 5.45. The molecule has 0 saturated heterocycles. The van der Waals surface area contributed by atoms with E-state index in [1.54, 1.807) is 54.9 Å². The molecule has 0 fully saturated rings. The van der Waals surface area contributed by atoms with Crippen molar-refractivity contribution < 1.29 is 14.4 Å². The fraction of sp³-hybridized carbons (Fsp3) is 0.158. The van der Waals surface area contributed by atoms with E-state index < -0.39 is 5.91 Å². The Labute approximate surface area is 166 Å². The average molecular weight is 393 g/mol. The molecule has 3 N–H and O–H groups in total. The molecule has 2 heterocycles. The zero-order chi connectivity index (χ0) is 20.6. The van der Waals surface area contributed by atoms with Crippen molar-refractivity contribution in [2.75, 3.05) is 18.4 Å². The zero-order valence-electron chi connectivity index (χ0n) is 15.6. The maximum Gasteiger partial charge on any atom is 0.271 e. The molecule has 3 aromatic rings. The van der Waals surface area contributed by atoms with Crippen LogP contribution in [0, 0.1) is 0 Å². The van der Waals surface area contributed by atoms with Gasteiger partial charge in [0.15, 0.2) is 11.5 Å². The summed E-state index contributed by atoms with van der Waals surface area (Å²) in [5.41, 5.74) is 1.23. The first-order valence-corrected chi connectivity index (χ1v) is 8.81. The Bertz CT molecular complexity index is 984. The SMILES string of the molecule is CC(=O)Nc1ccc(C(=O)NCCNC(=O)c2ccc(-n3cccn3)nn2)cc1. The monoisotopic (exact) mass is 393 g/mol. The second-order valence-corrected chi connectivity index (χ2v) is 6.00. The topological polar surface area (TPSA) is 131 Å². The second kappa shape index (κ2) is 9.22. The number of benzene rings is 1. The Morgan fingerprint density at radius 1 is 0.931 bits per heavy atom. The van der Waals surface area contributed by atoms with Crippen LogP contribution in [0.3, 0.4) is 0 Å². The molecule has 0 bridgehead atoms. The summed E-state index contributed by atoms with van der Waals surface area (Å²) < 4.78 is 1.53. The molecule has 0 aliphatic rings. The lowest BCUT2D eigenvalue weighted by Gasteiger charge is -2.08. The number of carbonyl (C=O) groups is 3. The van der Waals surface area contributed by atoms with Crippen molar-refractivity contribution in [2.45, 2.75) is 6.92 Å². The Hall–Kier alpha value is -4.08. The van der Waals surface area contributed by atoms with E-state index in [2.05, 4.69) is 31.2 Å². The molecule has 1 aromatic carbocycles. The summed E-state index contributed by atoms with van der Waals surface area (Å²) in [6, 6.07) is 11.4. The summed E-state index contributed by atoms with van der Waals surface area (Å²) in [5.74, 6) is -0.350. The highest BCUT2D eigenvalue weighted by atomic mass is 16.2. The highest BCUT2D eigenvalue weighted by Gasteiger charge is 2.09. The first-order chi connectivity index (χ1) is 14.0. The number of nitrogens with one attached hydrogen (secondary N) is 3. The molecule has 0 unspecified atom stereocenters. The van der Waals surface area contributed by atoms with Crippen LogP contribution in [0.2, 0.25) is 0 Å². The lowest BCUT2D eigenvalue weighted by Crippen LogP contribution is -2.35. The number of carbonyl (C=O) groups excluding carboxylic acids is 3. The predicted octanol–water partition coefficient (Wildman–Crippen LogP) is 0.780. The van der Waals surface area contributed by atoms with Crippen LogP contribution in [0.25, 0.3) is 5.82 Å². The van der Waals surface area contributed by atoms with Gasteiger partial charge in [0.25, 0.3) is 11.8 Å². The maximum absolute atomic E-state index is 12.1. The third-order valence-electron chi connectivity index (χ3n) is 3.79. The van der Waals surface area contributed by atoms with Crippen molar-refractivity contribution in [3.05, 3.63) is 66.1 Å². The Balaban J connectivity index is 1.43. The Kier molecular flexibility index (Phi) is 6.25. The van der Waals surface area contributed by atoms with Crippen molar-refractivity contribution in [1.29, 1.82) is 0 Å². The number of aromatic nitrogens is 4. The molecule has 0 aliphatic carbocycles. The van der Waals surface area contributed by atoms with Crippen LogP contribution in [-0.2, 0) is 4.79 Å². The lowest BCUT2D eigenvalue weighted by atomic mass is 10.2. The van der Waals surface area contributed by atoms with Gasteiger partial charge in [-0.1, -0.05) is 0 Å². The van der Waals surface area contributed by atoms with Crippen LogP contribution in [0.4, 0.5) is 5.69 Å². The minimum absolute atomic E-state index is 0.167. The highest BCUT2D eigenvalue weighted by Crippen LogP contribution is 2.09. The van der Waals surface area contributed by atoms with Gasteiger partial charge in [0.1, 0.15) is 0 Å². The summed E-state index contributed by atoms with van der Waals surface area (Å²) in [7, 11) is 0. The average Bonchev–Trinajstić information content (AvgIpc) is 3.26. The van der Waals surface area contributed by atoms with Gasteiger partial charge in [-0.3, -0.25) is 14.4 Å². The first kappa shape index (κ1) is 19.7. The standard InChI is InChI=1S/C19H19N7O3/c1-13(27)23-15-5-3-14(4-6-15)18(28)20-10-11-21-19(29)16-7-8-17(25-24-16)26-12-2-9-22-26/h2-9,12H,10-11H2,1H3,(H,20,28)(H,21,29)(H,23,27). The summed E-state index contributed by atoms with van der Waals surface area (Å²) in [5, 5.41) is 19.9. The highest BCUT2D eigenvalue weighted by molar-refractivity contribution is 5.95. The molecule has 0 atom stereocenters. The predicted molar refractivity (Wildman–Crippen MR) is 105 cm³/mol. The van der Waals surface area contributed by atoms with Crippen molar-refractivity contribution in [2.24, 2.45) is 0 Å². The van der Waals surface area contributed by atoms with Crippen LogP contribution < -0.4 is 16.0 Å². The third-order valence-corrected chi connectivity index (χ3v) is 3.79. The first-order valence-electron chi connectivity index (χ1n) is 8.81. The van der Waals surface area contributed by atoms with Crippen molar-refractivity contribution in [3.63, 3.8) is 0 Å². The number of hydrogen-bond donors (Lipinski definition) is 3. The largest absolute Gasteiger partial charge is 0.350 e. The van der Waals surface area contributed by atoms with E-state index in [4.69, 9.17) is 0 Å². The summed E-state index contributed by atoms with van der Waals surface area (Å²) in [4.78, 5) is 35.2. The van der Waals surface area contributed by atoms with E-state index in [0.717, 1.165) is 0 Å². The zero-order valence-corrected chi connectivity index (χ0v) is 15.6. The van der Waals surface area contributed by atoms with Crippen molar-refractivity contribution in [1.82, 2.24) is 30.6 Å². The van der Waals surface area contributed by atoms with E-state index in [-0.39, 0.29) is 30.6 Å². The van der Waals surface area contributed by atoms with Gasteiger partial charge < -0.3 is 16.0 Å². The number of rotatable bonds is 7. The molecule has 3 amide bonds. The molecule has 0 saturated carbocycles. The molecule has 2 aromatic heterocycles. The second-order valence-electron chi connectivity index (χ2n) is 6.00. The molecular formula is C19H19N7O3. The summed E-state index contributed by atoms with van der Waals surface area (Å²) in [6.45, 7) is 1.89. The number of hydrogen-bond acceptors (Lipinski definition) is 6. The van der Waals surface area contributed by atoms with E-state index in [1.165, 1.54) is 11.6 Å². The van der Waals surface area contributed by atoms with Crippen molar-refractivity contribution in [3.8, 4) is 5.82 Å². The fourth-order valence-corrected chi connectivity index (χ4v) is 2.43. The minimum atomic E-state index is -0.390. The van der Waals surface area contributed by atoms with E-state index in [0.29, 0.717) is 17.1 Å². The molecule has 0 aliphatic heterocycles. The molecule has 0 radical (unpaired) electrons. The van der Waals surface area contributed by atoms with Gasteiger partial charge in [0.2, 0.25) is 5.91 Å². The van der Waals surface area contributed by atoms with E-state index in [1.807, 2.05) is 0 Å². The van der Waals surface area contributed by atoms with E-state index >= 15 is 0 Å². The van der Waals surface area contributed by atoms with E-state index in [9.17, 15) is 14.4 Å². The quantitative estimate of drug-likeness (QED) is 0.509. The van der Waals surface area contributed by atoms with Gasteiger partial charge in [-0.05, 0) is 42.5 Å². The molecule has 148 valence electrons. The molecule has 0 spiro atoms. The van der Waals surface area contributed by atoms with Gasteiger partial charge in [0.05, 0.1) is 0 Å². The molecule has 10 nitrogen and oxygen atoms in total. The van der Waals surface area contributed by atoms with Crippen LogP contribution in [-0.4, -0.2) is 50.8 Å². The molecular weight excluding hydrogens is 374 g/mol. The maximum atomic E-state index is 12.1. The Morgan fingerprint density at radius 2 is 1.66 bits per heavy atom. The molecule has 10 heteroatoms. The lowest BCUT2D eigenvalue weighted by molar-refractivity contribution is -0.114. The van der Waals surface area contributed by atoms with Gasteiger partial charge in [-0.25, -0.2) is 4.68 Å². The van der Waals surface area contributed by atoms with Gasteiger partial charge in [0, 0.05) is 43.7 Å². The minimum Gasteiger partial charge on any atom is -0.350 e. The van der Waals surface area contributed by atoms with Gasteiger partial charge in [-0.15, -0.1) is 10.2 Å². The number of anilines is 1. The van der Waals surface area contributed by atoms with Gasteiger partial charge >= 0.3 is 0 Å². The fourth-order valence-electron chi connectivity index (χ4n) is 2.43. The Morgan fingerprint density at radius 3 is 2.24 bits per heavy atom. The van der Waals surface area contributed by atoms with Crippen LogP contribution >= 0.6 is 0 Å². The number of amides is 3. The van der Waals surface area contributed by atoms with Crippen LogP contribution in [0.1, 0.15) is 27.8 Å². The smallest absolute Gasteiger partial charge is 0.271 e.